The lowest BCUT2D eigenvalue weighted by atomic mass is 10.2. The molecule has 0 fully saturated rings. The molecule has 0 aliphatic heterocycles. The van der Waals surface area contributed by atoms with E-state index in [0.29, 0.717) is 5.75 Å². The summed E-state index contributed by atoms with van der Waals surface area (Å²) in [5, 5.41) is 7.69. The molecule has 2 atom stereocenters. The molecule has 2 rings (SSSR count). The third-order valence-corrected chi connectivity index (χ3v) is 3.54. The Kier molecular flexibility index (Phi) is 3.96. The van der Waals surface area contributed by atoms with E-state index in [4.69, 9.17) is 0 Å². The van der Waals surface area contributed by atoms with Crippen LogP contribution in [0.4, 0.5) is 5.82 Å². The zero-order chi connectivity index (χ0) is 13.1. The minimum atomic E-state index is -0.745. The van der Waals surface area contributed by atoms with Crippen molar-refractivity contribution in [3.05, 3.63) is 24.2 Å². The molecule has 2 aromatic heterocycles. The Morgan fingerprint density at radius 3 is 3.06 bits per heavy atom. The number of nitrogens with zero attached hydrogens (tertiary/aromatic N) is 3. The number of rotatable bonds is 5. The highest BCUT2D eigenvalue weighted by Gasteiger charge is 2.08. The van der Waals surface area contributed by atoms with E-state index in [1.165, 1.54) is 0 Å². The Labute approximate surface area is 109 Å². The first-order valence-electron chi connectivity index (χ1n) is 5.94. The summed E-state index contributed by atoms with van der Waals surface area (Å²) in [5.41, 5.74) is 1.94. The molecule has 0 amide bonds. The van der Waals surface area contributed by atoms with Gasteiger partial charge in [0, 0.05) is 41.2 Å². The molecule has 18 heavy (non-hydrogen) atoms. The largest absolute Gasteiger partial charge is 0.366 e. The quantitative estimate of drug-likeness (QED) is 0.893. The molecule has 0 saturated carbocycles. The molecule has 0 bridgehead atoms. The van der Waals surface area contributed by atoms with Crippen LogP contribution in [0.3, 0.4) is 0 Å². The van der Waals surface area contributed by atoms with Crippen LogP contribution < -0.4 is 5.32 Å². The van der Waals surface area contributed by atoms with Gasteiger partial charge < -0.3 is 5.32 Å². The molecule has 0 aliphatic carbocycles. The van der Waals surface area contributed by atoms with Crippen LogP contribution in [0.25, 0.3) is 5.52 Å². The van der Waals surface area contributed by atoms with Gasteiger partial charge in [0.25, 0.3) is 0 Å². The summed E-state index contributed by atoms with van der Waals surface area (Å²) in [6.45, 7) is 4.03. The van der Waals surface area contributed by atoms with Crippen LogP contribution in [0, 0.1) is 6.92 Å². The zero-order valence-corrected chi connectivity index (χ0v) is 11.7. The molecule has 0 spiro atoms. The van der Waals surface area contributed by atoms with Gasteiger partial charge in [0.2, 0.25) is 0 Å². The highest BCUT2D eigenvalue weighted by atomic mass is 32.2. The Hall–Kier alpha value is -1.43. The number of aryl methyl sites for hydroxylation is 1. The fraction of sp³-hybridized carbons (Fsp3) is 0.500. The summed E-state index contributed by atoms with van der Waals surface area (Å²) < 4.78 is 12.9. The lowest BCUT2D eigenvalue weighted by Crippen LogP contribution is -2.19. The van der Waals surface area contributed by atoms with Crippen LogP contribution in [0.2, 0.25) is 0 Å². The van der Waals surface area contributed by atoms with Gasteiger partial charge in [-0.1, -0.05) is 0 Å². The predicted molar refractivity (Wildman–Crippen MR) is 74.4 cm³/mol. The summed E-state index contributed by atoms with van der Waals surface area (Å²) in [6, 6.07) is 2.24. The minimum Gasteiger partial charge on any atom is -0.366 e. The van der Waals surface area contributed by atoms with E-state index < -0.39 is 10.8 Å². The van der Waals surface area contributed by atoms with Crippen molar-refractivity contribution >= 4 is 22.1 Å². The average molecular weight is 266 g/mol. The minimum absolute atomic E-state index is 0.239. The maximum Gasteiger partial charge on any atom is 0.152 e. The van der Waals surface area contributed by atoms with E-state index in [1.807, 2.05) is 23.7 Å². The Morgan fingerprint density at radius 2 is 2.33 bits per heavy atom. The summed E-state index contributed by atoms with van der Waals surface area (Å²) in [5.74, 6) is 1.53. The monoisotopic (exact) mass is 266 g/mol. The SMILES string of the molecule is Cc1cc2c(NC(C)CCS(C)=O)nccn2n1. The number of anilines is 1. The van der Waals surface area contributed by atoms with Crippen molar-refractivity contribution in [1.82, 2.24) is 14.6 Å². The number of fused-ring (bicyclic) bond motifs is 1. The Morgan fingerprint density at radius 1 is 1.56 bits per heavy atom. The molecular formula is C12H18N4OS. The first-order valence-corrected chi connectivity index (χ1v) is 7.66. The summed E-state index contributed by atoms with van der Waals surface area (Å²) >= 11 is 0. The summed E-state index contributed by atoms with van der Waals surface area (Å²) in [6.07, 6.45) is 6.15. The average Bonchev–Trinajstić information content (AvgIpc) is 2.68. The topological polar surface area (TPSA) is 59.3 Å². The van der Waals surface area contributed by atoms with Crippen molar-refractivity contribution in [3.8, 4) is 0 Å². The number of hydrogen-bond donors (Lipinski definition) is 1. The lowest BCUT2D eigenvalue weighted by molar-refractivity contribution is 0.678. The highest BCUT2D eigenvalue weighted by Crippen LogP contribution is 2.16. The molecule has 98 valence electrons. The van der Waals surface area contributed by atoms with Gasteiger partial charge in [0.05, 0.1) is 5.69 Å². The zero-order valence-electron chi connectivity index (χ0n) is 10.9. The molecular weight excluding hydrogens is 248 g/mol. The highest BCUT2D eigenvalue weighted by molar-refractivity contribution is 7.84. The molecule has 2 aromatic rings. The van der Waals surface area contributed by atoms with Crippen LogP contribution in [-0.4, -0.2) is 36.9 Å². The van der Waals surface area contributed by atoms with Gasteiger partial charge >= 0.3 is 0 Å². The standard InChI is InChI=1S/C12H18N4OS/c1-9(4-7-18(3)17)14-12-11-8-10(2)15-16(11)6-5-13-12/h5-6,8-9H,4,7H2,1-3H3,(H,13,14). The lowest BCUT2D eigenvalue weighted by Gasteiger charge is -2.14. The second-order valence-electron chi connectivity index (χ2n) is 4.50. The van der Waals surface area contributed by atoms with Crippen LogP contribution >= 0.6 is 0 Å². The molecule has 2 heterocycles. The number of hydrogen-bond acceptors (Lipinski definition) is 4. The number of nitrogens with one attached hydrogen (secondary N) is 1. The molecule has 2 unspecified atom stereocenters. The van der Waals surface area contributed by atoms with Gasteiger partial charge in [-0.05, 0) is 26.3 Å². The van der Waals surface area contributed by atoms with Gasteiger partial charge in [0.15, 0.2) is 5.82 Å². The molecule has 0 saturated heterocycles. The van der Waals surface area contributed by atoms with Crippen LogP contribution in [0.1, 0.15) is 19.0 Å². The number of aromatic nitrogens is 3. The van der Waals surface area contributed by atoms with Crippen molar-refractivity contribution in [1.29, 1.82) is 0 Å². The maximum absolute atomic E-state index is 11.1. The van der Waals surface area contributed by atoms with Gasteiger partial charge in [-0.2, -0.15) is 5.10 Å². The normalized spacial score (nSPS) is 14.6. The van der Waals surface area contributed by atoms with Crippen molar-refractivity contribution < 1.29 is 4.21 Å². The fourth-order valence-corrected chi connectivity index (χ4v) is 2.49. The van der Waals surface area contributed by atoms with Crippen LogP contribution in [-0.2, 0) is 10.8 Å². The van der Waals surface area contributed by atoms with E-state index in [-0.39, 0.29) is 6.04 Å². The fourth-order valence-electron chi connectivity index (χ4n) is 1.80. The van der Waals surface area contributed by atoms with Crippen molar-refractivity contribution in [2.45, 2.75) is 26.3 Å². The van der Waals surface area contributed by atoms with Crippen LogP contribution in [0.5, 0.6) is 0 Å². The Bertz CT molecular complexity index is 566. The van der Waals surface area contributed by atoms with E-state index in [2.05, 4.69) is 22.3 Å². The Balaban J connectivity index is 2.13. The molecule has 0 radical (unpaired) electrons. The smallest absolute Gasteiger partial charge is 0.152 e. The second kappa shape index (κ2) is 5.48. The third-order valence-electron chi connectivity index (χ3n) is 2.73. The summed E-state index contributed by atoms with van der Waals surface area (Å²) in [4.78, 5) is 4.34. The van der Waals surface area contributed by atoms with E-state index >= 15 is 0 Å². The first kappa shape index (κ1) is 13.0. The predicted octanol–water partition coefficient (Wildman–Crippen LogP) is 1.61. The molecule has 5 nitrogen and oxygen atoms in total. The van der Waals surface area contributed by atoms with Gasteiger partial charge in [0.1, 0.15) is 5.52 Å². The molecule has 6 heteroatoms. The first-order chi connectivity index (χ1) is 8.56. The maximum atomic E-state index is 11.1. The van der Waals surface area contributed by atoms with Gasteiger partial charge in [-0.25, -0.2) is 9.50 Å². The second-order valence-corrected chi connectivity index (χ2v) is 6.06. The van der Waals surface area contributed by atoms with Gasteiger partial charge in [-0.15, -0.1) is 0 Å². The molecule has 0 aromatic carbocycles. The molecule has 0 aliphatic rings. The van der Waals surface area contributed by atoms with Crippen molar-refractivity contribution in [3.63, 3.8) is 0 Å². The van der Waals surface area contributed by atoms with E-state index in [1.54, 1.807) is 12.5 Å². The van der Waals surface area contributed by atoms with Crippen molar-refractivity contribution in [2.75, 3.05) is 17.3 Å². The third kappa shape index (κ3) is 3.07. The van der Waals surface area contributed by atoms with E-state index in [0.717, 1.165) is 23.4 Å². The van der Waals surface area contributed by atoms with Gasteiger partial charge in [-0.3, -0.25) is 4.21 Å². The van der Waals surface area contributed by atoms with Crippen molar-refractivity contribution in [2.24, 2.45) is 0 Å². The summed E-state index contributed by atoms with van der Waals surface area (Å²) in [7, 11) is -0.745. The van der Waals surface area contributed by atoms with Crippen LogP contribution in [0.15, 0.2) is 18.5 Å². The molecule has 1 N–H and O–H groups in total. The van der Waals surface area contributed by atoms with E-state index in [9.17, 15) is 4.21 Å².